The Morgan fingerprint density at radius 3 is 2.50 bits per heavy atom. The Morgan fingerprint density at radius 1 is 1.07 bits per heavy atom. The molecule has 28 heavy (non-hydrogen) atoms. The average Bonchev–Trinajstić information content (AvgIpc) is 2.66. The second-order valence-corrected chi connectivity index (χ2v) is 7.95. The van der Waals surface area contributed by atoms with E-state index in [0.717, 1.165) is 44.9 Å². The first-order chi connectivity index (χ1) is 13.5. The van der Waals surface area contributed by atoms with Gasteiger partial charge in [0.15, 0.2) is 5.78 Å². The predicted octanol–water partition coefficient (Wildman–Crippen LogP) is 5.47. The largest absolute Gasteiger partial charge is 0.481 e. The van der Waals surface area contributed by atoms with Crippen molar-refractivity contribution in [2.24, 2.45) is 11.8 Å². The maximum absolute atomic E-state index is 12.2. The van der Waals surface area contributed by atoms with Crippen LogP contribution in [0, 0.1) is 11.8 Å². The van der Waals surface area contributed by atoms with Crippen molar-refractivity contribution in [2.45, 2.75) is 96.8 Å². The van der Waals surface area contributed by atoms with Crippen LogP contribution in [-0.2, 0) is 19.1 Å². The number of cyclic esters (lactones) is 1. The molecule has 0 aromatic rings. The van der Waals surface area contributed by atoms with Crippen LogP contribution in [0.4, 0.5) is 0 Å². The van der Waals surface area contributed by atoms with E-state index in [2.05, 4.69) is 19.1 Å². The summed E-state index contributed by atoms with van der Waals surface area (Å²) in [6, 6.07) is 0. The number of carbonyl (C=O) groups is 3. The van der Waals surface area contributed by atoms with Crippen LogP contribution in [0.5, 0.6) is 0 Å². The van der Waals surface area contributed by atoms with Crippen LogP contribution >= 0.6 is 0 Å². The average molecular weight is 395 g/mol. The van der Waals surface area contributed by atoms with Gasteiger partial charge in [0.25, 0.3) is 0 Å². The van der Waals surface area contributed by atoms with Crippen molar-refractivity contribution in [3.05, 3.63) is 12.2 Å². The fraction of sp³-hybridized carbons (Fsp3) is 0.783. The van der Waals surface area contributed by atoms with Gasteiger partial charge in [-0.1, -0.05) is 70.4 Å². The van der Waals surface area contributed by atoms with Crippen LogP contribution < -0.4 is 0 Å². The van der Waals surface area contributed by atoms with E-state index in [1.54, 1.807) is 0 Å². The smallest absolute Gasteiger partial charge is 0.310 e. The third kappa shape index (κ3) is 11.3. The first-order valence-electron chi connectivity index (χ1n) is 11.1. The lowest BCUT2D eigenvalue weighted by atomic mass is 9.82. The molecule has 5 heteroatoms. The third-order valence-corrected chi connectivity index (χ3v) is 5.43. The minimum atomic E-state index is -0.736. The van der Waals surface area contributed by atoms with Crippen molar-refractivity contribution in [3.63, 3.8) is 0 Å². The number of ether oxygens (including phenoxy) is 1. The quantitative estimate of drug-likeness (QED) is 0.213. The van der Waals surface area contributed by atoms with Crippen molar-refractivity contribution in [3.8, 4) is 0 Å². The fourth-order valence-corrected chi connectivity index (χ4v) is 3.73. The first-order valence-corrected chi connectivity index (χ1v) is 11.1. The molecule has 1 fully saturated rings. The summed E-state index contributed by atoms with van der Waals surface area (Å²) in [5, 5.41) is 8.66. The van der Waals surface area contributed by atoms with Gasteiger partial charge in [-0.05, 0) is 31.6 Å². The molecule has 0 aromatic heterocycles. The van der Waals surface area contributed by atoms with E-state index >= 15 is 0 Å². The van der Waals surface area contributed by atoms with Crippen molar-refractivity contribution in [1.82, 2.24) is 0 Å². The highest BCUT2D eigenvalue weighted by atomic mass is 16.5. The third-order valence-electron chi connectivity index (χ3n) is 5.43. The van der Waals surface area contributed by atoms with Gasteiger partial charge in [-0.15, -0.1) is 0 Å². The molecule has 5 nitrogen and oxygen atoms in total. The minimum Gasteiger partial charge on any atom is -0.481 e. The lowest BCUT2D eigenvalue weighted by molar-refractivity contribution is -0.160. The molecule has 1 aliphatic heterocycles. The Hall–Kier alpha value is -1.65. The summed E-state index contributed by atoms with van der Waals surface area (Å²) in [5.74, 6) is -1.24. The highest BCUT2D eigenvalue weighted by Crippen LogP contribution is 2.28. The Morgan fingerprint density at radius 2 is 1.75 bits per heavy atom. The SMILES string of the molecule is CCCCCCC/C=C\C(CCCCCCCC(=O)O)C1CC(=O)COC1=O. The predicted molar refractivity (Wildman–Crippen MR) is 110 cm³/mol. The van der Waals surface area contributed by atoms with Gasteiger partial charge in [-0.2, -0.15) is 0 Å². The molecule has 2 atom stereocenters. The van der Waals surface area contributed by atoms with Gasteiger partial charge in [0.2, 0.25) is 0 Å². The molecule has 0 saturated carbocycles. The van der Waals surface area contributed by atoms with Crippen LogP contribution in [0.15, 0.2) is 12.2 Å². The number of carbonyl (C=O) groups excluding carboxylic acids is 2. The van der Waals surface area contributed by atoms with Gasteiger partial charge >= 0.3 is 11.9 Å². The highest BCUT2D eigenvalue weighted by Gasteiger charge is 2.34. The second-order valence-electron chi connectivity index (χ2n) is 7.95. The summed E-state index contributed by atoms with van der Waals surface area (Å²) in [5.41, 5.74) is 0. The molecule has 0 aliphatic carbocycles. The Labute approximate surface area is 169 Å². The number of hydrogen-bond acceptors (Lipinski definition) is 4. The molecule has 1 N–H and O–H groups in total. The summed E-state index contributed by atoms with van der Waals surface area (Å²) >= 11 is 0. The van der Waals surface area contributed by atoms with Crippen LogP contribution in [0.3, 0.4) is 0 Å². The van der Waals surface area contributed by atoms with Crippen LogP contribution in [0.25, 0.3) is 0 Å². The molecule has 0 spiro atoms. The zero-order valence-electron chi connectivity index (χ0n) is 17.5. The molecule has 1 aliphatic rings. The molecule has 160 valence electrons. The van der Waals surface area contributed by atoms with Crippen molar-refractivity contribution >= 4 is 17.7 Å². The first kappa shape index (κ1) is 24.4. The Balaban J connectivity index is 2.41. The summed E-state index contributed by atoms with van der Waals surface area (Å²) in [7, 11) is 0. The lowest BCUT2D eigenvalue weighted by Crippen LogP contribution is -2.34. The maximum atomic E-state index is 12.2. The molecule has 1 heterocycles. The summed E-state index contributed by atoms with van der Waals surface area (Å²) in [6.07, 6.45) is 17.6. The van der Waals surface area contributed by atoms with Crippen LogP contribution in [0.2, 0.25) is 0 Å². The number of hydrogen-bond donors (Lipinski definition) is 1. The highest BCUT2D eigenvalue weighted by molar-refractivity contribution is 5.90. The molecule has 0 bridgehead atoms. The van der Waals surface area contributed by atoms with Crippen molar-refractivity contribution < 1.29 is 24.2 Å². The van der Waals surface area contributed by atoms with E-state index in [-0.39, 0.29) is 36.6 Å². The number of Topliss-reactive ketones (excluding diaryl/α,β-unsaturated/α-hetero) is 1. The normalized spacial score (nSPS) is 18.4. The number of aliphatic carboxylic acids is 1. The molecule has 2 unspecified atom stereocenters. The number of carboxylic acids is 1. The standard InChI is InChI=1S/C23H38O5/c1-2-3-4-5-6-8-11-14-19(21-17-20(24)18-28-23(21)27)15-12-9-7-10-13-16-22(25)26/h11,14,19,21H,2-10,12-13,15-18H2,1H3,(H,25,26)/b14-11-. The summed E-state index contributed by atoms with van der Waals surface area (Å²) in [6.45, 7) is 2.13. The number of unbranched alkanes of at least 4 members (excludes halogenated alkanes) is 9. The van der Waals surface area contributed by atoms with E-state index in [0.29, 0.717) is 6.42 Å². The number of ketones is 1. The van der Waals surface area contributed by atoms with E-state index < -0.39 is 5.97 Å². The number of allylic oxidation sites excluding steroid dienone is 2. The molecule has 1 rings (SSSR count). The van der Waals surface area contributed by atoms with Crippen molar-refractivity contribution in [2.75, 3.05) is 6.61 Å². The topological polar surface area (TPSA) is 80.7 Å². The zero-order chi connectivity index (χ0) is 20.6. The number of esters is 1. The van der Waals surface area contributed by atoms with Gasteiger partial charge in [0.1, 0.15) is 6.61 Å². The molecule has 0 aromatic carbocycles. The van der Waals surface area contributed by atoms with Gasteiger partial charge in [0, 0.05) is 12.8 Å². The lowest BCUT2D eigenvalue weighted by Gasteiger charge is -2.26. The van der Waals surface area contributed by atoms with Gasteiger partial charge in [0.05, 0.1) is 5.92 Å². The zero-order valence-corrected chi connectivity index (χ0v) is 17.5. The van der Waals surface area contributed by atoms with Gasteiger partial charge in [-0.3, -0.25) is 14.4 Å². The Bertz CT molecular complexity index is 497. The molecular weight excluding hydrogens is 356 g/mol. The molecule has 0 radical (unpaired) electrons. The van der Waals surface area contributed by atoms with E-state index in [1.807, 2.05) is 0 Å². The van der Waals surface area contributed by atoms with E-state index in [9.17, 15) is 14.4 Å². The molecular formula is C23H38O5. The summed E-state index contributed by atoms with van der Waals surface area (Å²) in [4.78, 5) is 34.4. The molecule has 1 saturated heterocycles. The van der Waals surface area contributed by atoms with Crippen molar-refractivity contribution in [1.29, 1.82) is 0 Å². The fourth-order valence-electron chi connectivity index (χ4n) is 3.73. The maximum Gasteiger partial charge on any atom is 0.310 e. The van der Waals surface area contributed by atoms with Crippen LogP contribution in [-0.4, -0.2) is 29.4 Å². The van der Waals surface area contributed by atoms with Crippen LogP contribution in [0.1, 0.15) is 96.8 Å². The Kier molecular flexibility index (Phi) is 13.3. The number of rotatable bonds is 16. The summed E-state index contributed by atoms with van der Waals surface area (Å²) < 4.78 is 5.06. The van der Waals surface area contributed by atoms with Gasteiger partial charge < -0.3 is 9.84 Å². The van der Waals surface area contributed by atoms with E-state index in [4.69, 9.17) is 9.84 Å². The van der Waals surface area contributed by atoms with E-state index in [1.165, 1.54) is 32.1 Å². The second kappa shape index (κ2) is 15.3. The molecule has 0 amide bonds. The minimum absolute atomic E-state index is 0.0104. The number of carboxylic acid groups (broad SMARTS) is 1. The monoisotopic (exact) mass is 394 g/mol. The van der Waals surface area contributed by atoms with Gasteiger partial charge in [-0.25, -0.2) is 0 Å².